The van der Waals surface area contributed by atoms with E-state index in [0.717, 1.165) is 0 Å². The van der Waals surface area contributed by atoms with E-state index in [2.05, 4.69) is 17.5 Å². The predicted octanol–water partition coefficient (Wildman–Crippen LogP) is -0.274. The molecule has 0 aliphatic heterocycles. The van der Waals surface area contributed by atoms with Gasteiger partial charge in [-0.2, -0.15) is 0 Å². The van der Waals surface area contributed by atoms with Crippen LogP contribution in [-0.4, -0.2) is 6.17 Å². The molecule has 0 radical (unpaired) electrons. The van der Waals surface area contributed by atoms with Gasteiger partial charge in [0, 0.05) is 0 Å². The van der Waals surface area contributed by atoms with Crippen LogP contribution < -0.4 is 10.5 Å². The second-order valence-corrected chi connectivity index (χ2v) is 1.18. The lowest BCUT2D eigenvalue weighted by Crippen LogP contribution is -2.26. The molecule has 0 aromatic heterocycles. The first kappa shape index (κ1) is 5.27. The Morgan fingerprint density at radius 3 is 2.20 bits per heavy atom. The lowest BCUT2D eigenvalue weighted by molar-refractivity contribution is 0.737. The summed E-state index contributed by atoms with van der Waals surface area (Å²) in [5.74, 6) is 0. The maximum absolute atomic E-state index is 5.10. The van der Waals surface area contributed by atoms with Crippen LogP contribution in [0, 0.1) is 0 Å². The van der Waals surface area contributed by atoms with Crippen molar-refractivity contribution in [2.45, 2.75) is 13.1 Å². The van der Waals surface area contributed by atoms with Crippen LogP contribution in [-0.2, 0) is 0 Å². The fraction of sp³-hybridized carbons (Fsp3) is 1.00. The molecule has 0 rings (SSSR count). The van der Waals surface area contributed by atoms with Crippen LogP contribution in [0.5, 0.6) is 0 Å². The standard InChI is InChI=1S/C2H8N2S/c1-2(3)4-5/h2,4-5H,3H2,1H3. The molecular formula is C2H8N2S. The molecule has 0 spiro atoms. The zero-order valence-corrected chi connectivity index (χ0v) is 4.00. The fourth-order valence-corrected chi connectivity index (χ4v) is 0. The highest BCUT2D eigenvalue weighted by Crippen LogP contribution is 1.62. The number of hydrogen-bond donors (Lipinski definition) is 3. The summed E-state index contributed by atoms with van der Waals surface area (Å²) in [6.07, 6.45) is -0.00154. The Bertz CT molecular complexity index is 21.6. The third-order valence-electron chi connectivity index (χ3n) is 0.204. The van der Waals surface area contributed by atoms with Crippen molar-refractivity contribution < 1.29 is 0 Å². The average Bonchev–Trinajstić information content (AvgIpc) is 1.38. The van der Waals surface area contributed by atoms with E-state index in [1.54, 1.807) is 0 Å². The molecule has 32 valence electrons. The molecule has 0 heterocycles. The quantitative estimate of drug-likeness (QED) is 0.307. The van der Waals surface area contributed by atoms with Gasteiger partial charge in [0.05, 0.1) is 6.17 Å². The molecule has 3 N–H and O–H groups in total. The van der Waals surface area contributed by atoms with E-state index in [0.29, 0.717) is 0 Å². The lowest BCUT2D eigenvalue weighted by Gasteiger charge is -1.94. The highest BCUT2D eigenvalue weighted by atomic mass is 32.1. The fourth-order valence-electron chi connectivity index (χ4n) is 0. The second kappa shape index (κ2) is 2.50. The SMILES string of the molecule is CC(N)NS. The normalized spacial score (nSPS) is 15.0. The Kier molecular flexibility index (Phi) is 2.64. The molecule has 1 atom stereocenters. The summed E-state index contributed by atoms with van der Waals surface area (Å²) in [6.45, 7) is 1.81. The van der Waals surface area contributed by atoms with Crippen LogP contribution in [0.4, 0.5) is 0 Å². The minimum absolute atomic E-state index is 0.00154. The van der Waals surface area contributed by atoms with E-state index < -0.39 is 0 Å². The van der Waals surface area contributed by atoms with E-state index in [4.69, 9.17) is 5.73 Å². The van der Waals surface area contributed by atoms with E-state index in [1.165, 1.54) is 0 Å². The van der Waals surface area contributed by atoms with E-state index in [9.17, 15) is 0 Å². The van der Waals surface area contributed by atoms with Crippen molar-refractivity contribution in [2.75, 3.05) is 0 Å². The van der Waals surface area contributed by atoms with Gasteiger partial charge in [-0.25, -0.2) is 0 Å². The lowest BCUT2D eigenvalue weighted by atomic mass is 10.7. The van der Waals surface area contributed by atoms with Crippen molar-refractivity contribution in [1.82, 2.24) is 4.72 Å². The summed E-state index contributed by atoms with van der Waals surface area (Å²) in [5.41, 5.74) is 5.10. The topological polar surface area (TPSA) is 38.0 Å². The van der Waals surface area contributed by atoms with Gasteiger partial charge >= 0.3 is 0 Å². The summed E-state index contributed by atoms with van der Waals surface area (Å²) in [5, 5.41) is 0. The van der Waals surface area contributed by atoms with Gasteiger partial charge in [0.1, 0.15) is 0 Å². The van der Waals surface area contributed by atoms with Crippen LogP contribution in [0.15, 0.2) is 0 Å². The van der Waals surface area contributed by atoms with Crippen molar-refractivity contribution >= 4 is 12.8 Å². The Morgan fingerprint density at radius 1 is 2.00 bits per heavy atom. The molecule has 0 fully saturated rings. The van der Waals surface area contributed by atoms with Gasteiger partial charge in [-0.05, 0) is 6.92 Å². The molecule has 0 saturated heterocycles. The van der Waals surface area contributed by atoms with Gasteiger partial charge in [-0.15, -0.1) is 0 Å². The minimum Gasteiger partial charge on any atom is -0.315 e. The molecule has 0 saturated carbocycles. The van der Waals surface area contributed by atoms with Crippen molar-refractivity contribution in [3.63, 3.8) is 0 Å². The first-order valence-electron chi connectivity index (χ1n) is 1.42. The van der Waals surface area contributed by atoms with Gasteiger partial charge in [-0.3, -0.25) is 4.72 Å². The third-order valence-corrected chi connectivity index (χ3v) is 0.611. The summed E-state index contributed by atoms with van der Waals surface area (Å²) < 4.78 is 2.50. The smallest absolute Gasteiger partial charge is 0.0611 e. The first-order chi connectivity index (χ1) is 2.27. The Morgan fingerprint density at radius 2 is 2.20 bits per heavy atom. The van der Waals surface area contributed by atoms with E-state index in [-0.39, 0.29) is 6.17 Å². The largest absolute Gasteiger partial charge is 0.315 e. The van der Waals surface area contributed by atoms with E-state index in [1.807, 2.05) is 6.92 Å². The highest BCUT2D eigenvalue weighted by Gasteiger charge is 1.77. The second-order valence-electron chi connectivity index (χ2n) is 0.918. The Balaban J connectivity index is 2.54. The zero-order chi connectivity index (χ0) is 4.28. The van der Waals surface area contributed by atoms with Gasteiger partial charge in [0.2, 0.25) is 0 Å². The molecule has 1 unspecified atom stereocenters. The molecule has 0 aliphatic rings. The number of nitrogens with two attached hydrogens (primary N) is 1. The average molecular weight is 92.2 g/mol. The summed E-state index contributed by atoms with van der Waals surface area (Å²) in [6, 6.07) is 0. The van der Waals surface area contributed by atoms with Crippen LogP contribution >= 0.6 is 12.8 Å². The molecule has 3 heteroatoms. The molecular weight excluding hydrogens is 84.1 g/mol. The van der Waals surface area contributed by atoms with Crippen LogP contribution in [0.2, 0.25) is 0 Å². The van der Waals surface area contributed by atoms with Gasteiger partial charge < -0.3 is 5.73 Å². The van der Waals surface area contributed by atoms with Crippen molar-refractivity contribution in [3.05, 3.63) is 0 Å². The number of thiol groups is 1. The number of nitrogens with one attached hydrogen (secondary N) is 1. The minimum atomic E-state index is -0.00154. The molecule has 0 bridgehead atoms. The van der Waals surface area contributed by atoms with Crippen molar-refractivity contribution in [3.8, 4) is 0 Å². The van der Waals surface area contributed by atoms with Crippen LogP contribution in [0.3, 0.4) is 0 Å². The third kappa shape index (κ3) is 4.27. The van der Waals surface area contributed by atoms with E-state index >= 15 is 0 Å². The molecule has 0 aromatic carbocycles. The Hall–Kier alpha value is 0.270. The molecule has 2 nitrogen and oxygen atoms in total. The van der Waals surface area contributed by atoms with Crippen molar-refractivity contribution in [2.24, 2.45) is 5.73 Å². The zero-order valence-electron chi connectivity index (χ0n) is 3.10. The molecule has 0 aromatic rings. The maximum Gasteiger partial charge on any atom is 0.0611 e. The first-order valence-corrected chi connectivity index (χ1v) is 1.87. The van der Waals surface area contributed by atoms with Crippen LogP contribution in [0.25, 0.3) is 0 Å². The summed E-state index contributed by atoms with van der Waals surface area (Å²) in [4.78, 5) is 0. The van der Waals surface area contributed by atoms with Gasteiger partial charge in [-0.1, -0.05) is 12.8 Å². The maximum atomic E-state index is 5.10. The van der Waals surface area contributed by atoms with Crippen molar-refractivity contribution in [1.29, 1.82) is 0 Å². The highest BCUT2D eigenvalue weighted by molar-refractivity contribution is 7.78. The molecule has 0 aliphatic carbocycles. The number of rotatable bonds is 1. The van der Waals surface area contributed by atoms with Gasteiger partial charge in [0.25, 0.3) is 0 Å². The predicted molar refractivity (Wildman–Crippen MR) is 25.8 cm³/mol. The Labute approximate surface area is 37.3 Å². The summed E-state index contributed by atoms with van der Waals surface area (Å²) >= 11 is 3.64. The molecule has 5 heavy (non-hydrogen) atoms. The summed E-state index contributed by atoms with van der Waals surface area (Å²) in [7, 11) is 0. The van der Waals surface area contributed by atoms with Crippen LogP contribution in [0.1, 0.15) is 6.92 Å². The number of hydrogen-bond acceptors (Lipinski definition) is 3. The molecule has 0 amide bonds. The van der Waals surface area contributed by atoms with Gasteiger partial charge in [0.15, 0.2) is 0 Å². The monoisotopic (exact) mass is 92.0 g/mol.